The van der Waals surface area contributed by atoms with Gasteiger partial charge >= 0.3 is 0 Å². The molecular weight excluding hydrogens is 264 g/mol. The van der Waals surface area contributed by atoms with E-state index in [1.54, 1.807) is 11.6 Å². The van der Waals surface area contributed by atoms with Crippen molar-refractivity contribution in [1.82, 2.24) is 24.8 Å². The Kier molecular flexibility index (Phi) is 3.26. The minimum Gasteiger partial charge on any atom is -0.394 e. The molecule has 0 aromatic carbocycles. The molecule has 0 radical (unpaired) electrons. The number of nitrogens with two attached hydrogens (primary N) is 1. The molecule has 0 unspecified atom stereocenters. The standard InChI is InChI=1S/C11H16N6O3/c1-13-6-5(2-18)20-11(8(6)19)17-4-16-7-9(12)14-3-15-10(7)17/h3-6,8,11,13,18-19H,2H2,1H3,(H2,12,14,15)/t5-,6-,8+,11-/m0/s1. The minimum atomic E-state index is -0.842. The summed E-state index contributed by atoms with van der Waals surface area (Å²) in [6.45, 7) is -0.192. The van der Waals surface area contributed by atoms with Crippen molar-refractivity contribution in [1.29, 1.82) is 0 Å². The highest BCUT2D eigenvalue weighted by Gasteiger charge is 2.44. The molecule has 20 heavy (non-hydrogen) atoms. The summed E-state index contributed by atoms with van der Waals surface area (Å²) in [7, 11) is 1.70. The zero-order valence-corrected chi connectivity index (χ0v) is 10.8. The number of nitrogens with one attached hydrogen (secondary N) is 1. The SMILES string of the molecule is CN[C@@H]1[C@@H](O)[C@@H](n2cnc3c(N)ncnc32)O[C@H]1CO. The Morgan fingerprint density at radius 3 is 2.90 bits per heavy atom. The van der Waals surface area contributed by atoms with Crippen LogP contribution in [0.5, 0.6) is 0 Å². The normalized spacial score (nSPS) is 30.1. The number of anilines is 1. The highest BCUT2D eigenvalue weighted by Crippen LogP contribution is 2.31. The maximum atomic E-state index is 10.3. The first-order valence-electron chi connectivity index (χ1n) is 6.22. The zero-order valence-electron chi connectivity index (χ0n) is 10.8. The summed E-state index contributed by atoms with van der Waals surface area (Å²) in [6, 6.07) is -0.373. The average Bonchev–Trinajstić information content (AvgIpc) is 3.00. The van der Waals surface area contributed by atoms with E-state index in [0.29, 0.717) is 11.2 Å². The summed E-state index contributed by atoms with van der Waals surface area (Å²) in [6.07, 6.45) is 0.790. The molecule has 1 aliphatic heterocycles. The van der Waals surface area contributed by atoms with Crippen LogP contribution in [0.15, 0.2) is 12.7 Å². The van der Waals surface area contributed by atoms with Crippen molar-refractivity contribution in [2.75, 3.05) is 19.4 Å². The van der Waals surface area contributed by atoms with Gasteiger partial charge in [0.15, 0.2) is 17.7 Å². The molecule has 9 heteroatoms. The second-order valence-corrected chi connectivity index (χ2v) is 4.64. The molecule has 0 saturated carbocycles. The van der Waals surface area contributed by atoms with Crippen LogP contribution in [0.4, 0.5) is 5.82 Å². The molecule has 2 aromatic rings. The van der Waals surface area contributed by atoms with Gasteiger partial charge in [0, 0.05) is 0 Å². The molecular formula is C11H16N6O3. The number of nitrogens with zero attached hydrogens (tertiary/aromatic N) is 4. The van der Waals surface area contributed by atoms with E-state index < -0.39 is 18.4 Å². The van der Waals surface area contributed by atoms with Crippen LogP contribution in [0.3, 0.4) is 0 Å². The Morgan fingerprint density at radius 1 is 1.45 bits per heavy atom. The van der Waals surface area contributed by atoms with Gasteiger partial charge in [-0.3, -0.25) is 4.57 Å². The van der Waals surface area contributed by atoms with Crippen LogP contribution in [-0.4, -0.2) is 61.6 Å². The van der Waals surface area contributed by atoms with Gasteiger partial charge in [0.1, 0.15) is 24.1 Å². The summed E-state index contributed by atoms with van der Waals surface area (Å²) in [4.78, 5) is 12.1. The molecule has 1 fully saturated rings. The maximum absolute atomic E-state index is 10.3. The van der Waals surface area contributed by atoms with E-state index in [4.69, 9.17) is 10.5 Å². The van der Waals surface area contributed by atoms with E-state index in [2.05, 4.69) is 20.3 Å². The Balaban J connectivity index is 2.01. The third-order valence-electron chi connectivity index (χ3n) is 3.55. The van der Waals surface area contributed by atoms with Gasteiger partial charge in [-0.1, -0.05) is 0 Å². The molecule has 1 aliphatic rings. The van der Waals surface area contributed by atoms with Crippen molar-refractivity contribution in [3.63, 3.8) is 0 Å². The first-order valence-corrected chi connectivity index (χ1v) is 6.22. The maximum Gasteiger partial charge on any atom is 0.167 e. The number of hydrogen-bond donors (Lipinski definition) is 4. The number of imidazole rings is 1. The van der Waals surface area contributed by atoms with E-state index in [-0.39, 0.29) is 18.5 Å². The second kappa shape index (κ2) is 4.94. The van der Waals surface area contributed by atoms with Crippen molar-refractivity contribution in [2.45, 2.75) is 24.5 Å². The molecule has 0 amide bonds. The molecule has 2 aromatic heterocycles. The number of aliphatic hydroxyl groups excluding tert-OH is 2. The lowest BCUT2D eigenvalue weighted by Gasteiger charge is -2.18. The van der Waals surface area contributed by atoms with Crippen LogP contribution in [0.25, 0.3) is 11.2 Å². The third kappa shape index (κ3) is 1.83. The van der Waals surface area contributed by atoms with Gasteiger partial charge < -0.3 is 26.0 Å². The minimum absolute atomic E-state index is 0.192. The van der Waals surface area contributed by atoms with Crippen molar-refractivity contribution in [3.05, 3.63) is 12.7 Å². The van der Waals surface area contributed by atoms with Crippen molar-refractivity contribution >= 4 is 17.0 Å². The van der Waals surface area contributed by atoms with E-state index in [9.17, 15) is 10.2 Å². The topological polar surface area (TPSA) is 131 Å². The second-order valence-electron chi connectivity index (χ2n) is 4.64. The number of likely N-dealkylation sites (N-methyl/N-ethyl adjacent to an activating group) is 1. The van der Waals surface area contributed by atoms with Gasteiger partial charge in [0.25, 0.3) is 0 Å². The lowest BCUT2D eigenvalue weighted by atomic mass is 10.1. The van der Waals surface area contributed by atoms with Crippen LogP contribution < -0.4 is 11.1 Å². The summed E-state index contributed by atoms with van der Waals surface area (Å²) in [5, 5.41) is 22.6. The number of aromatic nitrogens is 4. The zero-order chi connectivity index (χ0) is 14.3. The van der Waals surface area contributed by atoms with Crippen molar-refractivity contribution in [2.24, 2.45) is 0 Å². The van der Waals surface area contributed by atoms with E-state index >= 15 is 0 Å². The van der Waals surface area contributed by atoms with Crippen LogP contribution in [-0.2, 0) is 4.74 Å². The number of aliphatic hydroxyl groups is 2. The predicted molar refractivity (Wildman–Crippen MR) is 69.6 cm³/mol. The monoisotopic (exact) mass is 280 g/mol. The van der Waals surface area contributed by atoms with Crippen LogP contribution in [0.2, 0.25) is 0 Å². The molecule has 5 N–H and O–H groups in total. The first kappa shape index (κ1) is 13.2. The van der Waals surface area contributed by atoms with Gasteiger partial charge in [-0.15, -0.1) is 0 Å². The van der Waals surface area contributed by atoms with Gasteiger partial charge in [0.2, 0.25) is 0 Å². The molecule has 0 aliphatic carbocycles. The molecule has 0 spiro atoms. The fourth-order valence-electron chi connectivity index (χ4n) is 2.54. The number of nitrogen functional groups attached to an aromatic ring is 1. The Bertz CT molecular complexity index is 617. The van der Waals surface area contributed by atoms with E-state index in [1.807, 2.05) is 0 Å². The summed E-state index contributed by atoms with van der Waals surface area (Å²) < 4.78 is 7.27. The largest absolute Gasteiger partial charge is 0.394 e. The number of fused-ring (bicyclic) bond motifs is 1. The third-order valence-corrected chi connectivity index (χ3v) is 3.55. The van der Waals surface area contributed by atoms with Crippen LogP contribution in [0.1, 0.15) is 6.23 Å². The average molecular weight is 280 g/mol. The van der Waals surface area contributed by atoms with Crippen LogP contribution >= 0.6 is 0 Å². The predicted octanol–water partition coefficient (Wildman–Crippen LogP) is -1.75. The summed E-state index contributed by atoms with van der Waals surface area (Å²) in [5.41, 5.74) is 6.66. The van der Waals surface area contributed by atoms with Crippen molar-refractivity contribution < 1.29 is 14.9 Å². The summed E-state index contributed by atoms with van der Waals surface area (Å²) in [5.74, 6) is 0.269. The molecule has 3 rings (SSSR count). The molecule has 4 atom stereocenters. The van der Waals surface area contributed by atoms with Gasteiger partial charge in [0.05, 0.1) is 19.0 Å². The van der Waals surface area contributed by atoms with Gasteiger partial charge in [-0.25, -0.2) is 15.0 Å². The number of ether oxygens (including phenoxy) is 1. The Hall–Kier alpha value is -1.81. The fraction of sp³-hybridized carbons (Fsp3) is 0.545. The highest BCUT2D eigenvalue weighted by molar-refractivity contribution is 5.81. The molecule has 1 saturated heterocycles. The van der Waals surface area contributed by atoms with Gasteiger partial charge in [-0.05, 0) is 7.05 Å². The fourth-order valence-corrected chi connectivity index (χ4v) is 2.54. The number of hydrogen-bond acceptors (Lipinski definition) is 8. The van der Waals surface area contributed by atoms with Crippen molar-refractivity contribution in [3.8, 4) is 0 Å². The Labute approximate surface area is 114 Å². The molecule has 108 valence electrons. The molecule has 0 bridgehead atoms. The number of rotatable bonds is 3. The van der Waals surface area contributed by atoms with E-state index in [1.165, 1.54) is 12.7 Å². The van der Waals surface area contributed by atoms with Gasteiger partial charge in [-0.2, -0.15) is 0 Å². The van der Waals surface area contributed by atoms with Crippen LogP contribution in [0, 0.1) is 0 Å². The smallest absolute Gasteiger partial charge is 0.167 e. The lowest BCUT2D eigenvalue weighted by Crippen LogP contribution is -2.43. The van der Waals surface area contributed by atoms with E-state index in [0.717, 1.165) is 0 Å². The summed E-state index contributed by atoms with van der Waals surface area (Å²) >= 11 is 0. The molecule has 3 heterocycles. The highest BCUT2D eigenvalue weighted by atomic mass is 16.5. The quantitative estimate of drug-likeness (QED) is 0.520. The molecule has 9 nitrogen and oxygen atoms in total. The lowest BCUT2D eigenvalue weighted by molar-refractivity contribution is -0.0489. The Morgan fingerprint density at radius 2 is 2.25 bits per heavy atom. The first-order chi connectivity index (χ1) is 9.67.